The Morgan fingerprint density at radius 3 is 2.69 bits per heavy atom. The number of Topliss-reactive ketones (excluding diaryl/α,β-unsaturated/α-hetero) is 1. The van der Waals surface area contributed by atoms with E-state index in [1.54, 1.807) is 6.92 Å². The smallest absolute Gasteiger partial charge is 0.375 e. The highest BCUT2D eigenvalue weighted by molar-refractivity contribution is 5.95. The van der Waals surface area contributed by atoms with E-state index in [-0.39, 0.29) is 17.4 Å². The number of fused-ring (bicyclic) bond motifs is 1. The van der Waals surface area contributed by atoms with Crippen LogP contribution in [0.2, 0.25) is 0 Å². The minimum atomic E-state index is -1.23. The van der Waals surface area contributed by atoms with Gasteiger partial charge < -0.3 is 5.11 Å². The summed E-state index contributed by atoms with van der Waals surface area (Å²) >= 11 is 0. The van der Waals surface area contributed by atoms with Gasteiger partial charge in [-0.1, -0.05) is 0 Å². The summed E-state index contributed by atoms with van der Waals surface area (Å²) in [7, 11) is 0. The van der Waals surface area contributed by atoms with Crippen LogP contribution in [-0.4, -0.2) is 36.4 Å². The molecule has 0 aliphatic carbocycles. The molecule has 2 aromatic heterocycles. The minimum Gasteiger partial charge on any atom is -0.475 e. The zero-order valence-electron chi connectivity index (χ0n) is 8.63. The maximum atomic E-state index is 11.2. The molecule has 2 rings (SSSR count). The average Bonchev–Trinajstić information content (AvgIpc) is 2.62. The normalized spacial score (nSPS) is 10.6. The zero-order valence-corrected chi connectivity index (χ0v) is 8.63. The van der Waals surface area contributed by atoms with Gasteiger partial charge in [-0.05, 0) is 13.8 Å². The van der Waals surface area contributed by atoms with Gasteiger partial charge in [0.25, 0.3) is 11.6 Å². The molecule has 0 saturated heterocycles. The van der Waals surface area contributed by atoms with Gasteiger partial charge in [0.15, 0.2) is 5.78 Å². The van der Waals surface area contributed by atoms with Gasteiger partial charge in [0.05, 0.1) is 11.3 Å². The first-order valence-corrected chi connectivity index (χ1v) is 4.47. The van der Waals surface area contributed by atoms with E-state index in [0.29, 0.717) is 11.3 Å². The van der Waals surface area contributed by atoms with Gasteiger partial charge in [0.2, 0.25) is 0 Å². The first kappa shape index (κ1) is 10.2. The Hall–Kier alpha value is -2.31. The molecule has 1 N–H and O–H groups in total. The molecule has 16 heavy (non-hydrogen) atoms. The number of hydrogen-bond acceptors (Lipinski definition) is 5. The zero-order chi connectivity index (χ0) is 11.9. The third kappa shape index (κ3) is 1.42. The molecule has 0 saturated carbocycles. The Kier molecular flexibility index (Phi) is 2.15. The lowest BCUT2D eigenvalue weighted by molar-refractivity contribution is 0.0683. The molecule has 0 bridgehead atoms. The number of aromatic carboxylic acids is 1. The van der Waals surface area contributed by atoms with Crippen molar-refractivity contribution >= 4 is 17.5 Å². The quantitative estimate of drug-likeness (QED) is 0.732. The lowest BCUT2D eigenvalue weighted by atomic mass is 10.2. The number of carbonyl (C=O) groups is 2. The van der Waals surface area contributed by atoms with E-state index in [4.69, 9.17) is 5.11 Å². The van der Waals surface area contributed by atoms with Gasteiger partial charge in [-0.2, -0.15) is 4.98 Å². The highest BCUT2D eigenvalue weighted by atomic mass is 16.4. The van der Waals surface area contributed by atoms with Crippen molar-refractivity contribution in [3.05, 3.63) is 23.3 Å². The predicted octanol–water partition coefficient (Wildman–Crippen LogP) is 0.334. The van der Waals surface area contributed by atoms with E-state index >= 15 is 0 Å². The summed E-state index contributed by atoms with van der Waals surface area (Å²) in [5.41, 5.74) is 0.923. The van der Waals surface area contributed by atoms with Gasteiger partial charge >= 0.3 is 5.97 Å². The van der Waals surface area contributed by atoms with E-state index in [9.17, 15) is 9.59 Å². The van der Waals surface area contributed by atoms with Crippen LogP contribution in [0.3, 0.4) is 0 Å². The molecule has 0 atom stereocenters. The Labute approximate surface area is 89.8 Å². The molecule has 82 valence electrons. The summed E-state index contributed by atoms with van der Waals surface area (Å²) in [5.74, 6) is -1.55. The molecule has 0 aromatic carbocycles. The highest BCUT2D eigenvalue weighted by Crippen LogP contribution is 2.09. The Morgan fingerprint density at radius 2 is 2.12 bits per heavy atom. The number of ketones is 1. The molecule has 0 spiro atoms. The van der Waals surface area contributed by atoms with Crippen LogP contribution in [0.1, 0.15) is 33.6 Å². The van der Waals surface area contributed by atoms with E-state index in [2.05, 4.69) is 15.1 Å². The predicted molar refractivity (Wildman–Crippen MR) is 52.5 cm³/mol. The van der Waals surface area contributed by atoms with Crippen LogP contribution < -0.4 is 0 Å². The summed E-state index contributed by atoms with van der Waals surface area (Å²) in [5, 5.41) is 12.5. The standard InChI is InChI=1S/C9H8N4O3/c1-4-6(5(2)14)3-10-9-11-7(8(15)16)12-13(4)9/h3H,1-2H3,(H,15,16). The number of aromatic nitrogens is 4. The van der Waals surface area contributed by atoms with Crippen molar-refractivity contribution in [2.24, 2.45) is 0 Å². The fraction of sp³-hybridized carbons (Fsp3) is 0.222. The van der Waals surface area contributed by atoms with Gasteiger partial charge in [0, 0.05) is 6.20 Å². The van der Waals surface area contributed by atoms with Crippen LogP contribution in [0.15, 0.2) is 6.20 Å². The monoisotopic (exact) mass is 220 g/mol. The number of nitrogens with zero attached hydrogens (tertiary/aromatic N) is 4. The number of hydrogen-bond donors (Lipinski definition) is 1. The van der Waals surface area contributed by atoms with Crippen LogP contribution in [0, 0.1) is 6.92 Å². The molecule has 7 heteroatoms. The summed E-state index contributed by atoms with van der Waals surface area (Å²) in [6.07, 6.45) is 1.37. The molecule has 0 radical (unpaired) electrons. The van der Waals surface area contributed by atoms with Gasteiger partial charge in [-0.25, -0.2) is 14.3 Å². The molecular weight excluding hydrogens is 212 g/mol. The summed E-state index contributed by atoms with van der Waals surface area (Å²) < 4.78 is 1.25. The van der Waals surface area contributed by atoms with Crippen LogP contribution in [0.4, 0.5) is 0 Å². The second kappa shape index (κ2) is 3.37. The van der Waals surface area contributed by atoms with Gasteiger partial charge in [0.1, 0.15) is 0 Å². The summed E-state index contributed by atoms with van der Waals surface area (Å²) in [6, 6.07) is 0. The molecule has 7 nitrogen and oxygen atoms in total. The number of aryl methyl sites for hydroxylation is 1. The van der Waals surface area contributed by atoms with Crippen molar-refractivity contribution in [2.75, 3.05) is 0 Å². The molecule has 0 unspecified atom stereocenters. The van der Waals surface area contributed by atoms with Crippen LogP contribution in [0.25, 0.3) is 5.78 Å². The largest absolute Gasteiger partial charge is 0.475 e. The molecular formula is C9H8N4O3. The van der Waals surface area contributed by atoms with Gasteiger partial charge in [-0.3, -0.25) is 4.79 Å². The molecule has 0 aliphatic rings. The van der Waals surface area contributed by atoms with E-state index in [1.165, 1.54) is 17.6 Å². The second-order valence-electron chi connectivity index (χ2n) is 3.27. The Morgan fingerprint density at radius 1 is 1.44 bits per heavy atom. The maximum Gasteiger partial charge on any atom is 0.375 e. The minimum absolute atomic E-state index is 0.153. The van der Waals surface area contributed by atoms with E-state index in [1.807, 2.05) is 0 Å². The molecule has 0 fully saturated rings. The third-order valence-corrected chi connectivity index (χ3v) is 2.18. The molecule has 0 aliphatic heterocycles. The summed E-state index contributed by atoms with van der Waals surface area (Å²) in [6.45, 7) is 3.07. The Balaban J connectivity index is 2.74. The van der Waals surface area contributed by atoms with E-state index in [0.717, 1.165) is 0 Å². The Bertz CT molecular complexity index is 602. The number of carboxylic acid groups (broad SMARTS) is 1. The first-order chi connectivity index (χ1) is 7.50. The van der Waals surface area contributed by atoms with Crippen LogP contribution >= 0.6 is 0 Å². The molecule has 2 aromatic rings. The molecule has 0 amide bonds. The number of rotatable bonds is 2. The maximum absolute atomic E-state index is 11.2. The first-order valence-electron chi connectivity index (χ1n) is 4.47. The SMILES string of the molecule is CC(=O)c1cnc2nc(C(=O)O)nn2c1C. The fourth-order valence-corrected chi connectivity index (χ4v) is 1.38. The van der Waals surface area contributed by atoms with Crippen molar-refractivity contribution < 1.29 is 14.7 Å². The third-order valence-electron chi connectivity index (χ3n) is 2.18. The molecule has 2 heterocycles. The van der Waals surface area contributed by atoms with Crippen molar-refractivity contribution in [2.45, 2.75) is 13.8 Å². The lowest BCUT2D eigenvalue weighted by Crippen LogP contribution is -2.05. The van der Waals surface area contributed by atoms with E-state index < -0.39 is 5.97 Å². The average molecular weight is 220 g/mol. The van der Waals surface area contributed by atoms with Crippen molar-refractivity contribution in [1.29, 1.82) is 0 Å². The van der Waals surface area contributed by atoms with Crippen molar-refractivity contribution in [3.63, 3.8) is 0 Å². The topological polar surface area (TPSA) is 97.5 Å². The van der Waals surface area contributed by atoms with Crippen molar-refractivity contribution in [3.8, 4) is 0 Å². The number of carbonyl (C=O) groups excluding carboxylic acids is 1. The van der Waals surface area contributed by atoms with Crippen molar-refractivity contribution in [1.82, 2.24) is 19.6 Å². The van der Waals surface area contributed by atoms with Gasteiger partial charge in [-0.15, -0.1) is 5.10 Å². The lowest BCUT2D eigenvalue weighted by Gasteiger charge is -2.01. The second-order valence-corrected chi connectivity index (χ2v) is 3.27. The number of carboxylic acids is 1. The summed E-state index contributed by atoms with van der Waals surface area (Å²) in [4.78, 5) is 29.5. The van der Waals surface area contributed by atoms with Crippen LogP contribution in [-0.2, 0) is 0 Å². The van der Waals surface area contributed by atoms with Crippen LogP contribution in [0.5, 0.6) is 0 Å². The fourth-order valence-electron chi connectivity index (χ4n) is 1.38. The highest BCUT2D eigenvalue weighted by Gasteiger charge is 2.15.